The highest BCUT2D eigenvalue weighted by atomic mass is 15.2. The normalized spacial score (nSPS) is 14.6. The molecule has 290 valence electrons. The van der Waals surface area contributed by atoms with E-state index in [1.54, 1.807) is 0 Å². The summed E-state index contributed by atoms with van der Waals surface area (Å²) in [5.41, 5.74) is 16.9. The SMILES string of the molecule is CC1(C)c2ccccc2N(c2cccc(N3c4ccccc4C(c4ccccc4)(c4ccccc4)c4ccncc43)c2)c2ccc(-n3c4ccccc4c4ccccc43)cc21. The van der Waals surface area contributed by atoms with Gasteiger partial charge in [0.05, 0.1) is 45.4 Å². The van der Waals surface area contributed by atoms with E-state index in [2.05, 4.69) is 234 Å². The molecule has 61 heavy (non-hydrogen) atoms. The van der Waals surface area contributed by atoms with Crippen molar-refractivity contribution >= 4 is 55.9 Å². The molecule has 4 heteroatoms. The molecule has 0 unspecified atom stereocenters. The molecule has 0 bridgehead atoms. The van der Waals surface area contributed by atoms with Crippen molar-refractivity contribution in [1.29, 1.82) is 0 Å². The van der Waals surface area contributed by atoms with Crippen molar-refractivity contribution < 1.29 is 0 Å². The first-order valence-corrected chi connectivity index (χ1v) is 21.1. The van der Waals surface area contributed by atoms with Crippen molar-refractivity contribution in [3.05, 3.63) is 252 Å². The maximum absolute atomic E-state index is 4.80. The van der Waals surface area contributed by atoms with Gasteiger partial charge in [-0.15, -0.1) is 0 Å². The minimum Gasteiger partial charge on any atom is -0.310 e. The maximum atomic E-state index is 4.80. The average molecular weight is 783 g/mol. The standard InChI is InChI=1S/C57H42N4/c1-56(2)46-26-11-15-30-52(46)60(54-33-32-43(37-49(54)56)59-50-28-13-9-24-44(50)45-25-10-14-29-51(45)59)41-22-17-23-42(36-41)61-53-31-16-12-27-47(53)57(39-18-5-3-6-19-39,40-20-7-4-8-21-40)48-34-35-58-38-55(48)61/h3-38H,1-2H3. The molecule has 0 N–H and O–H groups in total. The van der Waals surface area contributed by atoms with Gasteiger partial charge in [-0.2, -0.15) is 0 Å². The Morgan fingerprint density at radius 2 is 0.885 bits per heavy atom. The zero-order valence-electron chi connectivity index (χ0n) is 34.1. The van der Waals surface area contributed by atoms with Gasteiger partial charge in [0.2, 0.25) is 0 Å². The second kappa shape index (κ2) is 13.4. The lowest BCUT2D eigenvalue weighted by molar-refractivity contribution is 0.631. The van der Waals surface area contributed by atoms with Gasteiger partial charge < -0.3 is 14.4 Å². The summed E-state index contributed by atoms with van der Waals surface area (Å²) in [5.74, 6) is 0. The first-order valence-electron chi connectivity index (χ1n) is 21.1. The molecule has 2 aliphatic rings. The summed E-state index contributed by atoms with van der Waals surface area (Å²) >= 11 is 0. The summed E-state index contributed by atoms with van der Waals surface area (Å²) < 4.78 is 2.43. The first kappa shape index (κ1) is 35.3. The summed E-state index contributed by atoms with van der Waals surface area (Å²) in [6.07, 6.45) is 3.99. The molecule has 2 aliphatic heterocycles. The van der Waals surface area contributed by atoms with Crippen molar-refractivity contribution in [2.45, 2.75) is 24.7 Å². The number of fused-ring (bicyclic) bond motifs is 7. The number of hydrogen-bond donors (Lipinski definition) is 0. The monoisotopic (exact) mass is 782 g/mol. The molecule has 0 atom stereocenters. The topological polar surface area (TPSA) is 24.3 Å². The molecule has 0 amide bonds. The maximum Gasteiger partial charge on any atom is 0.0743 e. The van der Waals surface area contributed by atoms with Crippen LogP contribution >= 0.6 is 0 Å². The fourth-order valence-corrected chi connectivity index (χ4v) is 10.7. The van der Waals surface area contributed by atoms with Crippen LogP contribution in [0.25, 0.3) is 27.5 Å². The molecule has 4 heterocycles. The Morgan fingerprint density at radius 3 is 1.54 bits per heavy atom. The Labute approximate surface area is 356 Å². The Bertz CT molecular complexity index is 3170. The minimum absolute atomic E-state index is 0.260. The van der Waals surface area contributed by atoms with Crippen LogP contribution in [0.15, 0.2) is 219 Å². The van der Waals surface area contributed by atoms with E-state index >= 15 is 0 Å². The Balaban J connectivity index is 1.06. The molecule has 8 aromatic carbocycles. The van der Waals surface area contributed by atoms with Crippen molar-refractivity contribution in [3.8, 4) is 5.69 Å². The van der Waals surface area contributed by atoms with Crippen molar-refractivity contribution in [1.82, 2.24) is 9.55 Å². The molecular formula is C57H42N4. The van der Waals surface area contributed by atoms with Crippen LogP contribution in [0, 0.1) is 0 Å². The zero-order valence-corrected chi connectivity index (χ0v) is 34.1. The number of anilines is 6. The Morgan fingerprint density at radius 1 is 0.377 bits per heavy atom. The summed E-state index contributed by atoms with van der Waals surface area (Å²) in [4.78, 5) is 9.68. The number of para-hydroxylation sites is 4. The van der Waals surface area contributed by atoms with E-state index < -0.39 is 5.41 Å². The summed E-state index contributed by atoms with van der Waals surface area (Å²) in [5, 5.41) is 2.53. The van der Waals surface area contributed by atoms with Gasteiger partial charge in [-0.05, 0) is 100 Å². The van der Waals surface area contributed by atoms with Crippen molar-refractivity contribution in [3.63, 3.8) is 0 Å². The number of benzene rings is 8. The van der Waals surface area contributed by atoms with Crippen LogP contribution in [0.5, 0.6) is 0 Å². The first-order chi connectivity index (χ1) is 30.0. The molecule has 12 rings (SSSR count). The van der Waals surface area contributed by atoms with E-state index in [4.69, 9.17) is 4.98 Å². The second-order valence-electron chi connectivity index (χ2n) is 16.8. The summed E-state index contributed by atoms with van der Waals surface area (Å²) in [7, 11) is 0. The number of pyridine rings is 1. The fraction of sp³-hybridized carbons (Fsp3) is 0.0702. The second-order valence-corrected chi connectivity index (χ2v) is 16.8. The van der Waals surface area contributed by atoms with Crippen LogP contribution in [-0.4, -0.2) is 9.55 Å². The third-order valence-corrected chi connectivity index (χ3v) is 13.3. The van der Waals surface area contributed by atoms with E-state index in [0.29, 0.717) is 0 Å². The highest BCUT2D eigenvalue weighted by Gasteiger charge is 2.46. The van der Waals surface area contributed by atoms with Gasteiger partial charge in [0.25, 0.3) is 0 Å². The summed E-state index contributed by atoms with van der Waals surface area (Å²) in [6.45, 7) is 4.74. The van der Waals surface area contributed by atoms with Gasteiger partial charge >= 0.3 is 0 Å². The van der Waals surface area contributed by atoms with Crippen molar-refractivity contribution in [2.75, 3.05) is 9.80 Å². The summed E-state index contributed by atoms with van der Waals surface area (Å²) in [6, 6.07) is 75.6. The molecule has 2 aromatic heterocycles. The van der Waals surface area contributed by atoms with E-state index in [1.165, 1.54) is 66.6 Å². The number of rotatable bonds is 5. The van der Waals surface area contributed by atoms with Gasteiger partial charge in [0, 0.05) is 39.4 Å². The van der Waals surface area contributed by atoms with Gasteiger partial charge in [-0.3, -0.25) is 4.98 Å². The number of aromatic nitrogens is 2. The number of nitrogens with zero attached hydrogens (tertiary/aromatic N) is 4. The Hall–Kier alpha value is -7.69. The zero-order chi connectivity index (χ0) is 40.7. The van der Waals surface area contributed by atoms with Crippen LogP contribution < -0.4 is 9.80 Å². The van der Waals surface area contributed by atoms with Gasteiger partial charge in [0.15, 0.2) is 0 Å². The highest BCUT2D eigenvalue weighted by Crippen LogP contribution is 2.58. The Kier molecular flexibility index (Phi) is 7.76. The molecule has 4 nitrogen and oxygen atoms in total. The van der Waals surface area contributed by atoms with E-state index in [1.807, 2.05) is 12.4 Å². The molecular weight excluding hydrogens is 741 g/mol. The van der Waals surface area contributed by atoms with E-state index in [0.717, 1.165) is 28.4 Å². The quantitative estimate of drug-likeness (QED) is 0.174. The molecule has 0 fully saturated rings. The molecule has 0 radical (unpaired) electrons. The fourth-order valence-electron chi connectivity index (χ4n) is 10.7. The van der Waals surface area contributed by atoms with Crippen molar-refractivity contribution in [2.24, 2.45) is 0 Å². The van der Waals surface area contributed by atoms with Gasteiger partial charge in [-0.25, -0.2) is 0 Å². The predicted octanol–water partition coefficient (Wildman–Crippen LogP) is 14.5. The van der Waals surface area contributed by atoms with E-state index in [-0.39, 0.29) is 5.41 Å². The van der Waals surface area contributed by atoms with E-state index in [9.17, 15) is 0 Å². The molecule has 10 aromatic rings. The average Bonchev–Trinajstić information content (AvgIpc) is 3.66. The lowest BCUT2D eigenvalue weighted by Crippen LogP contribution is -2.37. The smallest absolute Gasteiger partial charge is 0.0743 e. The minimum atomic E-state index is -0.560. The lowest BCUT2D eigenvalue weighted by Gasteiger charge is -2.46. The number of hydrogen-bond acceptors (Lipinski definition) is 3. The molecule has 0 saturated heterocycles. The highest BCUT2D eigenvalue weighted by molar-refractivity contribution is 6.09. The largest absolute Gasteiger partial charge is 0.310 e. The molecule has 0 aliphatic carbocycles. The van der Waals surface area contributed by atoms with Gasteiger partial charge in [-0.1, -0.05) is 153 Å². The van der Waals surface area contributed by atoms with Crippen LogP contribution in [-0.2, 0) is 10.8 Å². The predicted molar refractivity (Wildman–Crippen MR) is 252 cm³/mol. The third-order valence-electron chi connectivity index (χ3n) is 13.3. The molecule has 0 spiro atoms. The van der Waals surface area contributed by atoms with Crippen LogP contribution in [0.3, 0.4) is 0 Å². The van der Waals surface area contributed by atoms with Crippen LogP contribution in [0.1, 0.15) is 47.2 Å². The lowest BCUT2D eigenvalue weighted by atomic mass is 9.62. The molecule has 0 saturated carbocycles. The third kappa shape index (κ3) is 5.03. The van der Waals surface area contributed by atoms with Crippen LogP contribution in [0.2, 0.25) is 0 Å². The van der Waals surface area contributed by atoms with Gasteiger partial charge in [0.1, 0.15) is 0 Å². The van der Waals surface area contributed by atoms with Crippen LogP contribution in [0.4, 0.5) is 34.1 Å².